The first-order valence-electron chi connectivity index (χ1n) is 10.1. The summed E-state index contributed by atoms with van der Waals surface area (Å²) in [6.07, 6.45) is 7.37. The molecule has 28 heavy (non-hydrogen) atoms. The number of carbonyl (C=O) groups excluding carboxylic acids is 2. The van der Waals surface area contributed by atoms with E-state index in [-0.39, 0.29) is 23.7 Å². The first-order chi connectivity index (χ1) is 13.6. The number of para-hydroxylation sites is 1. The Morgan fingerprint density at radius 1 is 1.00 bits per heavy atom. The fraction of sp³-hybridized carbons (Fsp3) is 0.435. The zero-order valence-corrected chi connectivity index (χ0v) is 16.7. The summed E-state index contributed by atoms with van der Waals surface area (Å²) >= 11 is 0. The Balaban J connectivity index is 1.49. The topological polar surface area (TPSA) is 71.1 Å². The molecular weight excluding hydrogens is 350 g/mol. The van der Waals surface area contributed by atoms with E-state index >= 15 is 0 Å². The van der Waals surface area contributed by atoms with Crippen LogP contribution in [-0.4, -0.2) is 16.8 Å². The van der Waals surface area contributed by atoms with E-state index < -0.39 is 0 Å². The Morgan fingerprint density at radius 3 is 2.29 bits per heavy atom. The van der Waals surface area contributed by atoms with Crippen LogP contribution >= 0.6 is 0 Å². The molecule has 0 saturated heterocycles. The number of aromatic nitrogens is 1. The van der Waals surface area contributed by atoms with Gasteiger partial charge in [-0.15, -0.1) is 0 Å². The molecule has 1 aromatic heterocycles. The van der Waals surface area contributed by atoms with Crippen molar-refractivity contribution < 1.29 is 9.59 Å². The number of aryl methyl sites for hydroxylation is 2. The van der Waals surface area contributed by atoms with Crippen molar-refractivity contribution in [2.75, 3.05) is 5.32 Å². The monoisotopic (exact) mass is 379 g/mol. The fourth-order valence-corrected chi connectivity index (χ4v) is 3.88. The predicted octanol–water partition coefficient (Wildman–Crippen LogP) is 4.01. The zero-order chi connectivity index (χ0) is 19.9. The summed E-state index contributed by atoms with van der Waals surface area (Å²) in [6, 6.07) is 9.92. The van der Waals surface area contributed by atoms with Crippen LogP contribution in [-0.2, 0) is 22.6 Å². The van der Waals surface area contributed by atoms with Crippen molar-refractivity contribution in [2.45, 2.75) is 52.5 Å². The maximum atomic E-state index is 12.8. The highest BCUT2D eigenvalue weighted by molar-refractivity contribution is 5.94. The average molecular weight is 380 g/mol. The molecule has 1 saturated carbocycles. The molecule has 0 unspecified atom stereocenters. The molecule has 0 atom stereocenters. The van der Waals surface area contributed by atoms with Gasteiger partial charge in [-0.3, -0.25) is 14.6 Å². The molecule has 1 heterocycles. The maximum absolute atomic E-state index is 12.8. The largest absolute Gasteiger partial charge is 0.352 e. The number of hydrogen-bond donors (Lipinski definition) is 2. The van der Waals surface area contributed by atoms with Crippen LogP contribution in [0.3, 0.4) is 0 Å². The first-order valence-corrected chi connectivity index (χ1v) is 10.1. The van der Waals surface area contributed by atoms with Crippen LogP contribution < -0.4 is 10.6 Å². The van der Waals surface area contributed by atoms with Gasteiger partial charge in [0.1, 0.15) is 0 Å². The summed E-state index contributed by atoms with van der Waals surface area (Å²) < 4.78 is 0. The van der Waals surface area contributed by atoms with Crippen molar-refractivity contribution in [1.82, 2.24) is 10.3 Å². The van der Waals surface area contributed by atoms with Gasteiger partial charge in [0.2, 0.25) is 11.8 Å². The summed E-state index contributed by atoms with van der Waals surface area (Å²) in [6.45, 7) is 4.65. The second-order valence-electron chi connectivity index (χ2n) is 7.57. The van der Waals surface area contributed by atoms with Crippen molar-refractivity contribution in [3.63, 3.8) is 0 Å². The number of amides is 2. The molecule has 2 N–H and O–H groups in total. The van der Waals surface area contributed by atoms with Gasteiger partial charge in [-0.05, 0) is 67.9 Å². The molecule has 148 valence electrons. The van der Waals surface area contributed by atoms with Crippen molar-refractivity contribution in [3.05, 3.63) is 59.4 Å². The predicted molar refractivity (Wildman–Crippen MR) is 111 cm³/mol. The normalized spacial score (nSPS) is 19.1. The van der Waals surface area contributed by atoms with Crippen LogP contribution in [0.2, 0.25) is 0 Å². The second-order valence-corrected chi connectivity index (χ2v) is 7.57. The third-order valence-electron chi connectivity index (χ3n) is 5.67. The quantitative estimate of drug-likeness (QED) is 0.796. The Hall–Kier alpha value is -2.69. The summed E-state index contributed by atoms with van der Waals surface area (Å²) in [4.78, 5) is 29.2. The van der Waals surface area contributed by atoms with E-state index in [0.717, 1.165) is 54.5 Å². The lowest BCUT2D eigenvalue weighted by Gasteiger charge is -2.27. The van der Waals surface area contributed by atoms with Gasteiger partial charge in [-0.1, -0.05) is 25.1 Å². The zero-order valence-electron chi connectivity index (χ0n) is 16.7. The summed E-state index contributed by atoms with van der Waals surface area (Å²) in [7, 11) is 0. The van der Waals surface area contributed by atoms with Crippen LogP contribution in [0.1, 0.15) is 49.3 Å². The van der Waals surface area contributed by atoms with E-state index in [1.807, 2.05) is 31.2 Å². The van der Waals surface area contributed by atoms with Gasteiger partial charge in [-0.25, -0.2) is 0 Å². The molecule has 3 rings (SSSR count). The minimum Gasteiger partial charge on any atom is -0.352 e. The van der Waals surface area contributed by atoms with E-state index in [1.54, 1.807) is 12.4 Å². The number of hydrogen-bond acceptors (Lipinski definition) is 3. The lowest BCUT2D eigenvalue weighted by molar-refractivity contribution is -0.128. The van der Waals surface area contributed by atoms with Crippen LogP contribution in [0.15, 0.2) is 42.7 Å². The Kier molecular flexibility index (Phi) is 6.80. The molecule has 5 heteroatoms. The lowest BCUT2D eigenvalue weighted by atomic mass is 9.81. The summed E-state index contributed by atoms with van der Waals surface area (Å²) in [5, 5.41) is 6.15. The second kappa shape index (κ2) is 9.49. The van der Waals surface area contributed by atoms with Crippen LogP contribution in [0.25, 0.3) is 0 Å². The Morgan fingerprint density at radius 2 is 1.64 bits per heavy atom. The first kappa shape index (κ1) is 20.1. The van der Waals surface area contributed by atoms with E-state index in [0.29, 0.717) is 6.54 Å². The van der Waals surface area contributed by atoms with Gasteiger partial charge in [0.15, 0.2) is 0 Å². The molecule has 1 aliphatic carbocycles. The Labute approximate surface area is 167 Å². The highest BCUT2D eigenvalue weighted by Gasteiger charge is 2.30. The van der Waals surface area contributed by atoms with E-state index in [1.165, 1.54) is 0 Å². The van der Waals surface area contributed by atoms with Gasteiger partial charge in [0.05, 0.1) is 0 Å². The molecular formula is C23H29N3O2. The number of nitrogens with one attached hydrogen (secondary N) is 2. The third-order valence-corrected chi connectivity index (χ3v) is 5.67. The van der Waals surface area contributed by atoms with Gasteiger partial charge < -0.3 is 10.6 Å². The third kappa shape index (κ3) is 4.97. The number of rotatable bonds is 6. The average Bonchev–Trinajstić information content (AvgIpc) is 2.74. The molecule has 1 aromatic carbocycles. The number of carbonyl (C=O) groups is 2. The van der Waals surface area contributed by atoms with Gasteiger partial charge in [0, 0.05) is 36.5 Å². The molecule has 0 radical (unpaired) electrons. The number of pyridine rings is 1. The van der Waals surface area contributed by atoms with E-state index in [4.69, 9.17) is 0 Å². The maximum Gasteiger partial charge on any atom is 0.227 e. The van der Waals surface area contributed by atoms with E-state index in [2.05, 4.69) is 28.6 Å². The van der Waals surface area contributed by atoms with Crippen molar-refractivity contribution in [3.8, 4) is 0 Å². The summed E-state index contributed by atoms with van der Waals surface area (Å²) in [5.41, 5.74) is 4.25. The summed E-state index contributed by atoms with van der Waals surface area (Å²) in [5.74, 6) is 0.145. The highest BCUT2D eigenvalue weighted by atomic mass is 16.2. The SMILES string of the molecule is CCc1cccc(C)c1NC(=O)C1CCC(C(=O)NCc2ccncc2)CC1. The highest BCUT2D eigenvalue weighted by Crippen LogP contribution is 2.31. The standard InChI is InChI=1S/C23H29N3O2/c1-3-18-6-4-5-16(2)21(18)26-23(28)20-9-7-19(8-10-20)22(27)25-15-17-11-13-24-14-12-17/h4-6,11-14,19-20H,3,7-10,15H2,1-2H3,(H,25,27)(H,26,28). The van der Waals surface area contributed by atoms with Crippen molar-refractivity contribution in [1.29, 1.82) is 0 Å². The van der Waals surface area contributed by atoms with Crippen LogP contribution in [0.4, 0.5) is 5.69 Å². The van der Waals surface area contributed by atoms with Crippen molar-refractivity contribution in [2.24, 2.45) is 11.8 Å². The lowest BCUT2D eigenvalue weighted by Crippen LogP contribution is -2.35. The fourth-order valence-electron chi connectivity index (χ4n) is 3.88. The van der Waals surface area contributed by atoms with Crippen LogP contribution in [0, 0.1) is 18.8 Å². The van der Waals surface area contributed by atoms with Gasteiger partial charge in [0.25, 0.3) is 0 Å². The van der Waals surface area contributed by atoms with Crippen LogP contribution in [0.5, 0.6) is 0 Å². The number of anilines is 1. The Bertz CT molecular complexity index is 812. The van der Waals surface area contributed by atoms with Crippen molar-refractivity contribution >= 4 is 17.5 Å². The molecule has 0 spiro atoms. The molecule has 0 aliphatic heterocycles. The molecule has 2 aromatic rings. The molecule has 0 bridgehead atoms. The minimum atomic E-state index is -0.0199. The van der Waals surface area contributed by atoms with Gasteiger partial charge >= 0.3 is 0 Å². The van der Waals surface area contributed by atoms with Gasteiger partial charge in [-0.2, -0.15) is 0 Å². The molecule has 2 amide bonds. The smallest absolute Gasteiger partial charge is 0.227 e. The number of benzene rings is 1. The minimum absolute atomic E-state index is 0.00412. The molecule has 1 aliphatic rings. The molecule has 1 fully saturated rings. The van der Waals surface area contributed by atoms with E-state index in [9.17, 15) is 9.59 Å². The number of nitrogens with zero attached hydrogens (tertiary/aromatic N) is 1. The molecule has 5 nitrogen and oxygen atoms in total.